The third-order valence-electron chi connectivity index (χ3n) is 2.19. The Morgan fingerprint density at radius 3 is 2.38 bits per heavy atom. The molecule has 1 aliphatic heterocycles. The lowest BCUT2D eigenvalue weighted by molar-refractivity contribution is -0.123. The van der Waals surface area contributed by atoms with E-state index >= 15 is 0 Å². The van der Waals surface area contributed by atoms with E-state index in [1.807, 2.05) is 0 Å². The number of hydrogen-bond acceptors (Lipinski definition) is 3. The molecule has 72 valence electrons. The van der Waals surface area contributed by atoms with Gasteiger partial charge in [-0.15, -0.1) is 0 Å². The molecule has 1 saturated heterocycles. The Morgan fingerprint density at radius 2 is 2.31 bits per heavy atom. The van der Waals surface area contributed by atoms with Crippen molar-refractivity contribution in [2.24, 2.45) is 11.3 Å². The number of rotatable bonds is 2. The zero-order valence-electron chi connectivity index (χ0n) is 6.68. The van der Waals surface area contributed by atoms with Gasteiger partial charge in [0.05, 0.1) is 12.0 Å². The predicted molar refractivity (Wildman–Crippen MR) is 45.5 cm³/mol. The van der Waals surface area contributed by atoms with E-state index in [0.29, 0.717) is 0 Å². The molecule has 1 aliphatic rings. The van der Waals surface area contributed by atoms with Crippen LogP contribution in [-0.2, 0) is 4.79 Å². The van der Waals surface area contributed by atoms with Crippen LogP contribution in [0.25, 0.3) is 0 Å². The highest BCUT2D eigenvalue weighted by molar-refractivity contribution is 8.15. The molecule has 2 unspecified atom stereocenters. The largest absolute Gasteiger partial charge is 0.340 e. The first-order chi connectivity index (χ1) is 5.83. The highest BCUT2D eigenvalue weighted by Crippen LogP contribution is 2.51. The molecule has 2 atom stereocenters. The molecule has 1 heterocycles. The van der Waals surface area contributed by atoms with E-state index in [0.717, 1.165) is 18.7 Å². The molecule has 0 aromatic rings. The van der Waals surface area contributed by atoms with Crippen LogP contribution in [0.1, 0.15) is 6.92 Å². The second-order valence-corrected chi connectivity index (χ2v) is 4.49. The molecule has 1 rings (SSSR count). The van der Waals surface area contributed by atoms with Crippen LogP contribution in [0.5, 0.6) is 0 Å². The number of carbonyl (C=O) groups excluding carboxylic acids is 1. The lowest BCUT2D eigenvalue weighted by atomic mass is 9.79. The summed E-state index contributed by atoms with van der Waals surface area (Å²) in [6, 6.07) is 1.43. The van der Waals surface area contributed by atoms with E-state index in [-0.39, 0.29) is 10.9 Å². The zero-order chi connectivity index (χ0) is 10.3. The summed E-state index contributed by atoms with van der Waals surface area (Å²) >= 11 is 5.74. The Morgan fingerprint density at radius 1 is 1.77 bits per heavy atom. The number of thioether (sulfide) groups is 1. The van der Waals surface area contributed by atoms with Crippen molar-refractivity contribution in [2.45, 2.75) is 12.3 Å². The van der Waals surface area contributed by atoms with Gasteiger partial charge in [-0.3, -0.25) is 4.79 Å². The summed E-state index contributed by atoms with van der Waals surface area (Å²) in [5.41, 5.74) is -2.09. The highest BCUT2D eigenvalue weighted by Gasteiger charge is 2.59. The van der Waals surface area contributed by atoms with E-state index in [2.05, 4.69) is 0 Å². The highest BCUT2D eigenvalue weighted by atomic mass is 35.5. The minimum atomic E-state index is -3.66. The van der Waals surface area contributed by atoms with Crippen LogP contribution in [0.2, 0.25) is 0 Å². The van der Waals surface area contributed by atoms with Crippen LogP contribution in [0, 0.1) is 22.7 Å². The predicted octanol–water partition coefficient (Wildman–Crippen LogP) is 2.24. The lowest BCUT2D eigenvalue weighted by Crippen LogP contribution is -2.48. The van der Waals surface area contributed by atoms with Gasteiger partial charge in [0.1, 0.15) is 5.41 Å². The second-order valence-electron chi connectivity index (χ2n) is 2.99. The van der Waals surface area contributed by atoms with E-state index in [1.165, 1.54) is 6.07 Å². The molecular formula is C7H6ClF2NOS. The van der Waals surface area contributed by atoms with Crippen LogP contribution in [0.3, 0.4) is 0 Å². The third kappa shape index (κ3) is 1.53. The van der Waals surface area contributed by atoms with Crippen molar-refractivity contribution in [2.75, 3.05) is 5.75 Å². The molecule has 0 aromatic heterocycles. The first kappa shape index (κ1) is 10.7. The summed E-state index contributed by atoms with van der Waals surface area (Å²) in [5.74, 6) is -0.708. The molecule has 0 aromatic carbocycles. The van der Waals surface area contributed by atoms with Crippen molar-refractivity contribution in [1.82, 2.24) is 0 Å². The van der Waals surface area contributed by atoms with Crippen LogP contribution in [0.4, 0.5) is 8.78 Å². The van der Waals surface area contributed by atoms with Gasteiger partial charge in [0.15, 0.2) is 5.12 Å². The van der Waals surface area contributed by atoms with Gasteiger partial charge in [-0.2, -0.15) is 14.0 Å². The average molecular weight is 226 g/mol. The van der Waals surface area contributed by atoms with Crippen molar-refractivity contribution in [1.29, 1.82) is 5.26 Å². The first-order valence-electron chi connectivity index (χ1n) is 3.47. The Balaban J connectivity index is 2.95. The molecule has 0 bridgehead atoms. The second kappa shape index (κ2) is 3.10. The van der Waals surface area contributed by atoms with Gasteiger partial charge in [0.2, 0.25) is 0 Å². The summed E-state index contributed by atoms with van der Waals surface area (Å²) in [7, 11) is 0. The lowest BCUT2D eigenvalue weighted by Gasteiger charge is -2.37. The molecule has 0 spiro atoms. The van der Waals surface area contributed by atoms with E-state index < -0.39 is 16.7 Å². The molecule has 0 amide bonds. The SMILES string of the molecule is CC(C#N)(C1CSC1=O)C(F)(F)Cl. The topological polar surface area (TPSA) is 40.9 Å². The molecular weight excluding hydrogens is 220 g/mol. The fourth-order valence-corrected chi connectivity index (χ4v) is 2.19. The van der Waals surface area contributed by atoms with Crippen molar-refractivity contribution in [3.63, 3.8) is 0 Å². The smallest absolute Gasteiger partial charge is 0.287 e. The Bertz CT molecular complexity index is 285. The molecule has 6 heteroatoms. The molecule has 1 fully saturated rings. The van der Waals surface area contributed by atoms with Gasteiger partial charge in [0.25, 0.3) is 0 Å². The maximum atomic E-state index is 12.8. The molecule has 0 saturated carbocycles. The molecule has 2 nitrogen and oxygen atoms in total. The number of carbonyl (C=O) groups is 1. The number of halogens is 3. The summed E-state index contributed by atoms with van der Waals surface area (Å²) in [6.07, 6.45) is 0. The maximum Gasteiger partial charge on any atom is 0.340 e. The normalized spacial score (nSPS) is 27.3. The summed E-state index contributed by atoms with van der Waals surface area (Å²) < 4.78 is 25.6. The number of nitriles is 1. The Hall–Kier alpha value is -0.340. The minimum absolute atomic E-state index is 0.241. The summed E-state index contributed by atoms with van der Waals surface area (Å²) in [5, 5.41) is 4.55. The van der Waals surface area contributed by atoms with Crippen molar-refractivity contribution < 1.29 is 13.6 Å². The maximum absolute atomic E-state index is 12.8. The van der Waals surface area contributed by atoms with Crippen molar-refractivity contribution in [3.05, 3.63) is 0 Å². The quantitative estimate of drug-likeness (QED) is 0.677. The van der Waals surface area contributed by atoms with Crippen molar-refractivity contribution in [3.8, 4) is 6.07 Å². The van der Waals surface area contributed by atoms with Gasteiger partial charge in [-0.05, 0) is 18.5 Å². The van der Waals surface area contributed by atoms with Gasteiger partial charge < -0.3 is 0 Å². The fraction of sp³-hybridized carbons (Fsp3) is 0.714. The fourth-order valence-electron chi connectivity index (χ4n) is 0.976. The van der Waals surface area contributed by atoms with Crippen LogP contribution < -0.4 is 0 Å². The average Bonchev–Trinajstić information content (AvgIpc) is 1.99. The Labute approximate surface area is 83.2 Å². The first-order valence-corrected chi connectivity index (χ1v) is 4.84. The van der Waals surface area contributed by atoms with E-state index in [1.54, 1.807) is 0 Å². The van der Waals surface area contributed by atoms with E-state index in [4.69, 9.17) is 16.9 Å². The summed E-state index contributed by atoms with van der Waals surface area (Å²) in [6.45, 7) is 1.02. The minimum Gasteiger partial charge on any atom is -0.287 e. The van der Waals surface area contributed by atoms with E-state index in [9.17, 15) is 13.6 Å². The Kier molecular flexibility index (Phi) is 2.56. The number of nitrogens with zero attached hydrogens (tertiary/aromatic N) is 1. The van der Waals surface area contributed by atoms with Crippen LogP contribution >= 0.6 is 23.4 Å². The third-order valence-corrected chi connectivity index (χ3v) is 3.66. The van der Waals surface area contributed by atoms with Gasteiger partial charge in [0, 0.05) is 5.75 Å². The van der Waals surface area contributed by atoms with Crippen LogP contribution in [-0.4, -0.2) is 16.2 Å². The van der Waals surface area contributed by atoms with Gasteiger partial charge >= 0.3 is 5.38 Å². The number of hydrogen-bond donors (Lipinski definition) is 0. The van der Waals surface area contributed by atoms with Crippen LogP contribution in [0.15, 0.2) is 0 Å². The van der Waals surface area contributed by atoms with Crippen molar-refractivity contribution >= 4 is 28.5 Å². The zero-order valence-corrected chi connectivity index (χ0v) is 8.25. The monoisotopic (exact) mass is 225 g/mol. The molecule has 0 N–H and O–H groups in total. The molecule has 13 heavy (non-hydrogen) atoms. The van der Waals surface area contributed by atoms with Gasteiger partial charge in [-0.25, -0.2) is 0 Å². The molecule has 0 radical (unpaired) electrons. The number of alkyl halides is 3. The van der Waals surface area contributed by atoms with Gasteiger partial charge in [-0.1, -0.05) is 11.8 Å². The summed E-state index contributed by atoms with van der Waals surface area (Å²) in [4.78, 5) is 10.9. The molecule has 0 aliphatic carbocycles. The standard InChI is InChI=1S/C7H6ClF2NOS/c1-6(3-11,7(8,9)10)4-2-13-5(4)12/h4H,2H2,1H3.